The largest absolute Gasteiger partial charge is 0.497 e. The minimum Gasteiger partial charge on any atom is -0.497 e. The van der Waals surface area contributed by atoms with Crippen molar-refractivity contribution in [3.8, 4) is 0 Å². The zero-order chi connectivity index (χ0) is 29.4. The molecule has 0 amide bonds. The summed E-state index contributed by atoms with van der Waals surface area (Å²) in [5.41, 5.74) is 2.75. The van der Waals surface area contributed by atoms with E-state index >= 15 is 0 Å². The minimum absolute atomic E-state index is 0.109. The van der Waals surface area contributed by atoms with Gasteiger partial charge in [0.25, 0.3) is 0 Å². The molecule has 1 N–H and O–H groups in total. The Bertz CT molecular complexity index is 1020. The molecule has 7 heteroatoms. The van der Waals surface area contributed by atoms with Crippen molar-refractivity contribution in [1.29, 1.82) is 0 Å². The molecule has 1 fully saturated rings. The normalized spacial score (nSPS) is 20.3. The highest BCUT2D eigenvalue weighted by Gasteiger charge is 2.32. The van der Waals surface area contributed by atoms with Gasteiger partial charge in [-0.1, -0.05) is 51.0 Å². The van der Waals surface area contributed by atoms with E-state index in [1.165, 1.54) is 12.2 Å². The lowest BCUT2D eigenvalue weighted by molar-refractivity contribution is -0.0884. The summed E-state index contributed by atoms with van der Waals surface area (Å²) in [5.74, 6) is 1.55. The first-order chi connectivity index (χ1) is 18.5. The van der Waals surface area contributed by atoms with Crippen LogP contribution in [-0.4, -0.2) is 43.7 Å². The quantitative estimate of drug-likeness (QED) is 0.115. The number of nitrogens with one attached hydrogen (secondary N) is 1. The molecule has 0 aromatic rings. The second-order valence-electron chi connectivity index (χ2n) is 9.65. The van der Waals surface area contributed by atoms with Gasteiger partial charge in [0.2, 0.25) is 0 Å². The number of likely N-dealkylation sites (tertiary alicyclic amines) is 1. The number of amidine groups is 1. The molecule has 1 heterocycles. The van der Waals surface area contributed by atoms with Gasteiger partial charge in [0.05, 0.1) is 24.6 Å². The van der Waals surface area contributed by atoms with Gasteiger partial charge in [-0.3, -0.25) is 4.99 Å². The van der Waals surface area contributed by atoms with Crippen LogP contribution in [0.4, 0.5) is 13.2 Å². The number of methoxy groups -OCH3 is 1. The van der Waals surface area contributed by atoms with Gasteiger partial charge in [-0.15, -0.1) is 0 Å². The molecule has 0 aliphatic carbocycles. The topological polar surface area (TPSA) is 36.9 Å². The van der Waals surface area contributed by atoms with Crippen LogP contribution in [0.3, 0.4) is 0 Å². The van der Waals surface area contributed by atoms with E-state index in [9.17, 15) is 13.2 Å². The van der Waals surface area contributed by atoms with Crippen LogP contribution in [0.2, 0.25) is 0 Å². The highest BCUT2D eigenvalue weighted by atomic mass is 19.4. The number of alkyl halides is 3. The lowest BCUT2D eigenvalue weighted by Crippen LogP contribution is -2.34. The first-order valence-electron chi connectivity index (χ1n) is 14.0. The van der Waals surface area contributed by atoms with Crippen molar-refractivity contribution >= 4 is 5.84 Å². The fraction of sp³-hybridized carbons (Fsp3) is 0.531. The molecule has 1 atom stereocenters. The summed E-state index contributed by atoms with van der Waals surface area (Å²) in [6.45, 7) is 12.5. The Kier molecular flexibility index (Phi) is 15.4. The van der Waals surface area contributed by atoms with Gasteiger partial charge in [-0.05, 0) is 88.3 Å². The van der Waals surface area contributed by atoms with E-state index < -0.39 is 11.7 Å². The molecule has 0 saturated carbocycles. The third-order valence-electron chi connectivity index (χ3n) is 6.51. The Morgan fingerprint density at radius 1 is 1.15 bits per heavy atom. The van der Waals surface area contributed by atoms with Gasteiger partial charge >= 0.3 is 6.18 Å². The predicted octanol–water partition coefficient (Wildman–Crippen LogP) is 8.94. The Balaban J connectivity index is 3.52. The number of nitrogens with zero attached hydrogens (tertiary/aromatic N) is 2. The Hall–Kier alpha value is -2.96. The van der Waals surface area contributed by atoms with Crippen molar-refractivity contribution in [2.75, 3.05) is 20.7 Å². The standard InChI is InChI=1S/C32H48F3N3O/c1-9-13-17-28(39-8)19-20-36-25(6)37-30-18-14-21-38(7)31(30)23-29(24(5)12-4)26(15-10-2)22-27(16-11-3)32(33,34)35/h10,15-17,19-20,22-23,30H,9,11-14,18,21H2,1-8H3,(H,36,37)/b15-10-,20-19-,26-22+,27-16-,28-17-,29-24?,31-23-. The summed E-state index contributed by atoms with van der Waals surface area (Å²) >= 11 is 0. The van der Waals surface area contributed by atoms with E-state index in [4.69, 9.17) is 9.73 Å². The minimum atomic E-state index is -4.42. The van der Waals surface area contributed by atoms with Gasteiger partial charge < -0.3 is 15.0 Å². The first-order valence-corrected chi connectivity index (χ1v) is 14.0. The lowest BCUT2D eigenvalue weighted by atomic mass is 9.92. The highest BCUT2D eigenvalue weighted by molar-refractivity contribution is 5.80. The summed E-state index contributed by atoms with van der Waals surface area (Å²) in [5, 5.41) is 3.23. The number of hydrogen-bond donors (Lipinski definition) is 1. The summed E-state index contributed by atoms with van der Waals surface area (Å²) in [4.78, 5) is 7.13. The molecular weight excluding hydrogens is 499 g/mol. The van der Waals surface area contributed by atoms with Gasteiger partial charge in [0.15, 0.2) is 0 Å². The number of aliphatic imine (C=N–C) groups is 1. The van der Waals surface area contributed by atoms with Gasteiger partial charge in [0, 0.05) is 25.5 Å². The maximum Gasteiger partial charge on any atom is 0.416 e. The highest BCUT2D eigenvalue weighted by Crippen LogP contribution is 2.33. The number of rotatable bonds is 12. The van der Waals surface area contributed by atoms with E-state index in [0.29, 0.717) is 12.0 Å². The lowest BCUT2D eigenvalue weighted by Gasteiger charge is -2.33. The van der Waals surface area contributed by atoms with Crippen molar-refractivity contribution in [2.24, 2.45) is 4.99 Å². The number of halogens is 3. The zero-order valence-corrected chi connectivity index (χ0v) is 25.1. The molecule has 1 saturated heterocycles. The molecule has 1 rings (SSSR count). The van der Waals surface area contributed by atoms with Gasteiger partial charge in [0.1, 0.15) is 5.76 Å². The van der Waals surface area contributed by atoms with E-state index in [-0.39, 0.29) is 6.04 Å². The van der Waals surface area contributed by atoms with Crippen LogP contribution in [0, 0.1) is 0 Å². The Morgan fingerprint density at radius 3 is 2.44 bits per heavy atom. The van der Waals surface area contributed by atoms with Crippen LogP contribution in [0.15, 0.2) is 87.5 Å². The van der Waals surface area contributed by atoms with Crippen LogP contribution >= 0.6 is 0 Å². The summed E-state index contributed by atoms with van der Waals surface area (Å²) in [6.07, 6.45) is 14.3. The summed E-state index contributed by atoms with van der Waals surface area (Å²) in [6, 6.07) is -0.109. The molecule has 1 unspecified atom stereocenters. The molecule has 0 spiro atoms. The molecule has 0 aromatic carbocycles. The molecule has 39 heavy (non-hydrogen) atoms. The van der Waals surface area contributed by atoms with Crippen LogP contribution in [0.1, 0.15) is 80.1 Å². The number of allylic oxidation sites excluding steroid dienone is 11. The van der Waals surface area contributed by atoms with Gasteiger partial charge in [-0.25, -0.2) is 0 Å². The molecule has 4 nitrogen and oxygen atoms in total. The first kappa shape index (κ1) is 34.1. The average molecular weight is 548 g/mol. The van der Waals surface area contributed by atoms with Crippen molar-refractivity contribution < 1.29 is 17.9 Å². The predicted molar refractivity (Wildman–Crippen MR) is 159 cm³/mol. The third-order valence-corrected chi connectivity index (χ3v) is 6.51. The third kappa shape index (κ3) is 11.8. The van der Waals surface area contributed by atoms with E-state index in [0.717, 1.165) is 67.1 Å². The van der Waals surface area contributed by atoms with E-state index in [1.807, 2.05) is 59.2 Å². The van der Waals surface area contributed by atoms with Crippen molar-refractivity contribution in [1.82, 2.24) is 10.2 Å². The fourth-order valence-electron chi connectivity index (χ4n) is 4.24. The molecule has 0 radical (unpaired) electrons. The molecule has 0 aromatic heterocycles. The van der Waals surface area contributed by atoms with Crippen LogP contribution in [0.5, 0.6) is 0 Å². The number of hydrogen-bond acceptors (Lipinski definition) is 3. The monoisotopic (exact) mass is 547 g/mol. The molecule has 218 valence electrons. The average Bonchev–Trinajstić information content (AvgIpc) is 2.88. The molecule has 1 aliphatic rings. The number of likely N-dealkylation sites (N-methyl/N-ethyl adjacent to an activating group) is 1. The SMILES string of the molecule is C\C=C/C(=C\C(=C\CC)C(F)(F)F)C(/C=C1/C(N=C(C)N/C=C\C(=C\CCC)OC)CCCN1C)=C(C)CC. The van der Waals surface area contributed by atoms with Crippen LogP contribution < -0.4 is 5.32 Å². The maximum atomic E-state index is 13.8. The number of piperidine rings is 1. The van der Waals surface area contributed by atoms with Crippen LogP contribution in [0.25, 0.3) is 0 Å². The molecular formula is C32H48F3N3O. The van der Waals surface area contributed by atoms with E-state index in [1.54, 1.807) is 26.2 Å². The van der Waals surface area contributed by atoms with Crippen molar-refractivity contribution in [3.63, 3.8) is 0 Å². The summed E-state index contributed by atoms with van der Waals surface area (Å²) < 4.78 is 46.8. The Morgan fingerprint density at radius 2 is 1.87 bits per heavy atom. The van der Waals surface area contributed by atoms with Crippen molar-refractivity contribution in [3.05, 3.63) is 82.5 Å². The molecule has 0 bridgehead atoms. The smallest absolute Gasteiger partial charge is 0.416 e. The molecule has 1 aliphatic heterocycles. The van der Waals surface area contributed by atoms with Gasteiger partial charge in [-0.2, -0.15) is 13.2 Å². The van der Waals surface area contributed by atoms with Crippen molar-refractivity contribution in [2.45, 2.75) is 92.3 Å². The second-order valence-corrected chi connectivity index (χ2v) is 9.65. The fourth-order valence-corrected chi connectivity index (χ4v) is 4.24. The summed E-state index contributed by atoms with van der Waals surface area (Å²) in [7, 11) is 3.67. The number of ether oxygens (including phenoxy) is 1. The van der Waals surface area contributed by atoms with Crippen LogP contribution in [-0.2, 0) is 4.74 Å². The second kappa shape index (κ2) is 17.6. The maximum absolute atomic E-state index is 13.8. The Labute approximate surface area is 234 Å². The zero-order valence-electron chi connectivity index (χ0n) is 25.1. The van der Waals surface area contributed by atoms with E-state index in [2.05, 4.69) is 17.1 Å². The number of unbranched alkanes of at least 4 members (excludes halogenated alkanes) is 1.